The van der Waals surface area contributed by atoms with Gasteiger partial charge in [0.1, 0.15) is 0 Å². The topological polar surface area (TPSA) is 63.2 Å². The predicted octanol–water partition coefficient (Wildman–Crippen LogP) is 2.91. The zero-order chi connectivity index (χ0) is 17.2. The maximum atomic E-state index is 12.0. The molecule has 0 atom stereocenters. The van der Waals surface area contributed by atoms with E-state index in [2.05, 4.69) is 14.9 Å². The molecule has 0 unspecified atom stereocenters. The predicted molar refractivity (Wildman–Crippen MR) is 93.8 cm³/mol. The van der Waals surface area contributed by atoms with Gasteiger partial charge >= 0.3 is 0 Å². The number of aromatic nitrogens is 2. The van der Waals surface area contributed by atoms with Crippen molar-refractivity contribution < 1.29 is 8.42 Å². The third-order valence-corrected chi connectivity index (χ3v) is 5.71. The van der Waals surface area contributed by atoms with Crippen LogP contribution in [-0.4, -0.2) is 42.6 Å². The molecule has 128 valence electrons. The molecule has 1 fully saturated rings. The van der Waals surface area contributed by atoms with Crippen molar-refractivity contribution in [3.05, 3.63) is 53.1 Å². The lowest BCUT2D eigenvalue weighted by Gasteiger charge is -2.32. The largest absolute Gasteiger partial charge is 0.299 e. The van der Waals surface area contributed by atoms with Gasteiger partial charge in [-0.25, -0.2) is 8.42 Å². The number of halogens is 1. The molecule has 7 heteroatoms. The lowest BCUT2D eigenvalue weighted by Crippen LogP contribution is -2.33. The van der Waals surface area contributed by atoms with Crippen LogP contribution in [0.15, 0.2) is 41.7 Å². The van der Waals surface area contributed by atoms with Gasteiger partial charge in [0.15, 0.2) is 9.84 Å². The number of sulfone groups is 1. The first-order chi connectivity index (χ1) is 11.4. The van der Waals surface area contributed by atoms with Crippen LogP contribution in [0.1, 0.15) is 30.0 Å². The fraction of sp³-hybridized carbons (Fsp3) is 0.412. The van der Waals surface area contributed by atoms with Crippen LogP contribution in [-0.2, 0) is 16.4 Å². The van der Waals surface area contributed by atoms with Crippen LogP contribution in [0.4, 0.5) is 0 Å². The van der Waals surface area contributed by atoms with Gasteiger partial charge in [0.25, 0.3) is 0 Å². The lowest BCUT2D eigenvalue weighted by atomic mass is 9.93. The van der Waals surface area contributed by atoms with E-state index in [9.17, 15) is 8.42 Å². The second-order valence-corrected chi connectivity index (χ2v) is 8.64. The summed E-state index contributed by atoms with van der Waals surface area (Å²) in [7, 11) is -3.33. The highest BCUT2D eigenvalue weighted by Gasteiger charge is 2.26. The number of likely N-dealkylation sites (tertiary alicyclic amines) is 1. The summed E-state index contributed by atoms with van der Waals surface area (Å²) >= 11 is 5.93. The van der Waals surface area contributed by atoms with E-state index in [1.165, 1.54) is 24.1 Å². The highest BCUT2D eigenvalue weighted by Crippen LogP contribution is 2.32. The minimum atomic E-state index is -3.33. The minimum absolute atomic E-state index is 0.153. The van der Waals surface area contributed by atoms with Crippen molar-refractivity contribution in [2.24, 2.45) is 0 Å². The molecule has 0 amide bonds. The van der Waals surface area contributed by atoms with Crippen LogP contribution >= 0.6 is 11.6 Å². The lowest BCUT2D eigenvalue weighted by molar-refractivity contribution is 0.202. The number of hydrogen-bond donors (Lipinski definition) is 0. The maximum absolute atomic E-state index is 12.0. The van der Waals surface area contributed by atoms with Crippen molar-refractivity contribution in [2.75, 3.05) is 19.3 Å². The van der Waals surface area contributed by atoms with E-state index in [0.717, 1.165) is 32.5 Å². The van der Waals surface area contributed by atoms with Crippen LogP contribution in [0.3, 0.4) is 0 Å². The Labute approximate surface area is 147 Å². The molecule has 5 nitrogen and oxygen atoms in total. The summed E-state index contributed by atoms with van der Waals surface area (Å²) in [6.07, 6.45) is 8.14. The van der Waals surface area contributed by atoms with Crippen molar-refractivity contribution >= 4 is 21.4 Å². The SMILES string of the molecule is CS(=O)(=O)c1cc(Cl)cnc1C1CCN(Cc2ccncc2)CC1. The molecule has 0 aromatic carbocycles. The summed E-state index contributed by atoms with van der Waals surface area (Å²) in [6, 6.07) is 5.56. The molecule has 0 saturated carbocycles. The number of nitrogens with zero attached hydrogens (tertiary/aromatic N) is 3. The monoisotopic (exact) mass is 365 g/mol. The van der Waals surface area contributed by atoms with E-state index in [0.29, 0.717) is 10.7 Å². The first-order valence-corrected chi connectivity index (χ1v) is 10.2. The van der Waals surface area contributed by atoms with Gasteiger partial charge in [0.2, 0.25) is 0 Å². The average molecular weight is 366 g/mol. The van der Waals surface area contributed by atoms with Gasteiger partial charge < -0.3 is 0 Å². The summed E-state index contributed by atoms with van der Waals surface area (Å²) < 4.78 is 24.1. The molecular formula is C17H20ClN3O2S. The van der Waals surface area contributed by atoms with Crippen molar-refractivity contribution in [1.82, 2.24) is 14.9 Å². The van der Waals surface area contributed by atoms with Gasteiger partial charge in [-0.3, -0.25) is 14.9 Å². The maximum Gasteiger partial charge on any atom is 0.177 e. The second-order valence-electron chi connectivity index (χ2n) is 6.21. The number of hydrogen-bond acceptors (Lipinski definition) is 5. The van der Waals surface area contributed by atoms with Crippen LogP contribution < -0.4 is 0 Å². The zero-order valence-electron chi connectivity index (χ0n) is 13.5. The summed E-state index contributed by atoms with van der Waals surface area (Å²) in [5.41, 5.74) is 1.90. The Kier molecular flexibility index (Phi) is 5.18. The van der Waals surface area contributed by atoms with Gasteiger partial charge in [0.05, 0.1) is 15.6 Å². The normalized spacial score (nSPS) is 17.1. The van der Waals surface area contributed by atoms with Crippen LogP contribution in [0.2, 0.25) is 5.02 Å². The fourth-order valence-electron chi connectivity index (χ4n) is 3.15. The Balaban J connectivity index is 1.71. The average Bonchev–Trinajstić information content (AvgIpc) is 2.56. The van der Waals surface area contributed by atoms with Crippen molar-refractivity contribution in [1.29, 1.82) is 0 Å². The van der Waals surface area contributed by atoms with E-state index in [1.54, 1.807) is 12.4 Å². The molecule has 1 aliphatic rings. The van der Waals surface area contributed by atoms with Gasteiger partial charge in [-0.2, -0.15) is 0 Å². The van der Waals surface area contributed by atoms with E-state index >= 15 is 0 Å². The standard InChI is InChI=1S/C17H20ClN3O2S/c1-24(22,23)16-10-15(18)11-20-17(16)14-4-8-21(9-5-14)12-13-2-6-19-7-3-13/h2-3,6-7,10-11,14H,4-5,8-9,12H2,1H3. The Morgan fingerprint density at radius 1 is 1.25 bits per heavy atom. The van der Waals surface area contributed by atoms with E-state index in [-0.39, 0.29) is 10.8 Å². The molecule has 0 radical (unpaired) electrons. The fourth-order valence-corrected chi connectivity index (χ4v) is 4.31. The Hall–Kier alpha value is -1.50. The number of pyridine rings is 2. The summed E-state index contributed by atoms with van der Waals surface area (Å²) in [6.45, 7) is 2.73. The smallest absolute Gasteiger partial charge is 0.177 e. The van der Waals surface area contributed by atoms with Crippen LogP contribution in [0.5, 0.6) is 0 Å². The summed E-state index contributed by atoms with van der Waals surface area (Å²) in [4.78, 5) is 11.0. The van der Waals surface area contributed by atoms with Gasteiger partial charge in [-0.15, -0.1) is 0 Å². The number of rotatable bonds is 4. The van der Waals surface area contributed by atoms with E-state index in [4.69, 9.17) is 11.6 Å². The molecule has 0 N–H and O–H groups in total. The molecule has 2 aromatic rings. The molecule has 0 bridgehead atoms. The van der Waals surface area contributed by atoms with Gasteiger partial charge in [-0.1, -0.05) is 11.6 Å². The molecule has 2 aromatic heterocycles. The van der Waals surface area contributed by atoms with E-state index < -0.39 is 9.84 Å². The highest BCUT2D eigenvalue weighted by molar-refractivity contribution is 7.90. The molecule has 1 aliphatic heterocycles. The quantitative estimate of drug-likeness (QED) is 0.833. The third-order valence-electron chi connectivity index (χ3n) is 4.38. The number of piperidine rings is 1. The van der Waals surface area contributed by atoms with Gasteiger partial charge in [-0.05, 0) is 49.7 Å². The van der Waals surface area contributed by atoms with Crippen LogP contribution in [0, 0.1) is 0 Å². The highest BCUT2D eigenvalue weighted by atomic mass is 35.5. The molecular weight excluding hydrogens is 346 g/mol. The van der Waals surface area contributed by atoms with Crippen molar-refractivity contribution in [3.63, 3.8) is 0 Å². The Morgan fingerprint density at radius 3 is 2.54 bits per heavy atom. The molecule has 0 aliphatic carbocycles. The van der Waals surface area contributed by atoms with E-state index in [1.807, 2.05) is 12.1 Å². The zero-order valence-corrected chi connectivity index (χ0v) is 15.1. The molecule has 1 saturated heterocycles. The Bertz CT molecular complexity index is 804. The van der Waals surface area contributed by atoms with Crippen molar-refractivity contribution in [3.8, 4) is 0 Å². The first-order valence-electron chi connectivity index (χ1n) is 7.90. The molecule has 3 rings (SSSR count). The Morgan fingerprint density at radius 2 is 1.92 bits per heavy atom. The summed E-state index contributed by atoms with van der Waals surface area (Å²) in [5.74, 6) is 0.153. The first kappa shape index (κ1) is 17.3. The third kappa shape index (κ3) is 4.12. The summed E-state index contributed by atoms with van der Waals surface area (Å²) in [5, 5.41) is 0.356. The van der Waals surface area contributed by atoms with Crippen molar-refractivity contribution in [2.45, 2.75) is 30.2 Å². The minimum Gasteiger partial charge on any atom is -0.299 e. The molecule has 24 heavy (non-hydrogen) atoms. The molecule has 3 heterocycles. The molecule has 0 spiro atoms. The van der Waals surface area contributed by atoms with Crippen LogP contribution in [0.25, 0.3) is 0 Å². The van der Waals surface area contributed by atoms with Gasteiger partial charge in [0, 0.05) is 37.3 Å². The second kappa shape index (κ2) is 7.17.